The summed E-state index contributed by atoms with van der Waals surface area (Å²) in [7, 11) is -4.18. The van der Waals surface area contributed by atoms with E-state index in [-0.39, 0.29) is 33.8 Å². The molecule has 4 aliphatic carbocycles. The summed E-state index contributed by atoms with van der Waals surface area (Å²) in [4.78, 5) is 0. The van der Waals surface area contributed by atoms with Crippen LogP contribution >= 0.6 is 0 Å². The summed E-state index contributed by atoms with van der Waals surface area (Å²) >= 11 is 0. The lowest BCUT2D eigenvalue weighted by Gasteiger charge is -2.40. The number of hydrogen-bond acceptors (Lipinski definition) is 4. The first-order valence-electron chi connectivity index (χ1n) is 12.8. The predicted octanol–water partition coefficient (Wildman–Crippen LogP) is 4.73. The third-order valence-corrected chi connectivity index (χ3v) is 12.3. The predicted molar refractivity (Wildman–Crippen MR) is 134 cm³/mol. The molecule has 4 saturated carbocycles. The molecule has 1 aromatic rings. The third-order valence-electron chi connectivity index (χ3n) is 11.4. The van der Waals surface area contributed by atoms with Gasteiger partial charge in [0.2, 0.25) is 0 Å². The van der Waals surface area contributed by atoms with E-state index < -0.39 is 27.7 Å². The molecule has 0 heterocycles. The first-order valence-corrected chi connectivity index (χ1v) is 14.4. The van der Waals surface area contributed by atoms with Crippen LogP contribution in [-0.4, -0.2) is 41.1 Å². The van der Waals surface area contributed by atoms with Crippen molar-refractivity contribution in [1.29, 1.82) is 0 Å². The van der Waals surface area contributed by atoms with Gasteiger partial charge in [-0.25, -0.2) is 0 Å². The smallest absolute Gasteiger partial charge is 0.265 e. The number of rotatable bonds is 5. The van der Waals surface area contributed by atoms with Crippen molar-refractivity contribution in [2.45, 2.75) is 78.9 Å². The van der Waals surface area contributed by atoms with E-state index in [4.69, 9.17) is 0 Å². The third kappa shape index (κ3) is 3.17. The van der Waals surface area contributed by atoms with Crippen molar-refractivity contribution in [3.8, 4) is 0 Å². The Labute approximate surface area is 204 Å². The van der Waals surface area contributed by atoms with Crippen LogP contribution in [0.4, 0.5) is 0 Å². The normalized spacial score (nSPS) is 43.2. The second kappa shape index (κ2) is 7.41. The van der Waals surface area contributed by atoms with Crippen molar-refractivity contribution in [2.75, 3.05) is 5.75 Å². The van der Waals surface area contributed by atoms with Crippen LogP contribution in [0.1, 0.15) is 71.4 Å². The van der Waals surface area contributed by atoms with E-state index in [0.29, 0.717) is 18.8 Å². The second-order valence-electron chi connectivity index (χ2n) is 13.1. The summed E-state index contributed by atoms with van der Waals surface area (Å²) in [6.45, 7) is 10.9. The fraction of sp³-hybridized carbons (Fsp3) is 0.714. The molecule has 5 rings (SSSR count). The minimum atomic E-state index is -4.18. The lowest BCUT2D eigenvalue weighted by molar-refractivity contribution is -0.00869. The Bertz CT molecular complexity index is 1120. The van der Waals surface area contributed by atoms with Gasteiger partial charge in [0.05, 0.1) is 18.0 Å². The van der Waals surface area contributed by atoms with Gasteiger partial charge >= 0.3 is 0 Å². The zero-order chi connectivity index (χ0) is 24.9. The summed E-state index contributed by atoms with van der Waals surface area (Å²) in [5.41, 5.74) is 2.26. The van der Waals surface area contributed by atoms with Gasteiger partial charge in [-0.2, -0.15) is 8.42 Å². The number of aliphatic hydroxyl groups is 2. The quantitative estimate of drug-likeness (QED) is 0.521. The number of aliphatic hydroxyl groups excluding tert-OH is 2. The van der Waals surface area contributed by atoms with Gasteiger partial charge in [0.25, 0.3) is 10.1 Å². The Morgan fingerprint density at radius 1 is 0.971 bits per heavy atom. The molecular weight excluding hydrogens is 448 g/mol. The van der Waals surface area contributed by atoms with Gasteiger partial charge in [-0.05, 0) is 77.4 Å². The van der Waals surface area contributed by atoms with Crippen LogP contribution in [0.15, 0.2) is 29.8 Å². The van der Waals surface area contributed by atoms with E-state index in [2.05, 4.69) is 65.0 Å². The Morgan fingerprint density at radius 2 is 1.62 bits per heavy atom. The minimum Gasteiger partial charge on any atom is -0.392 e. The molecule has 3 N–H and O–H groups in total. The van der Waals surface area contributed by atoms with E-state index in [0.717, 1.165) is 36.0 Å². The van der Waals surface area contributed by atoms with Crippen LogP contribution in [0.2, 0.25) is 0 Å². The van der Waals surface area contributed by atoms with Gasteiger partial charge in [0, 0.05) is 10.8 Å². The zero-order valence-electron chi connectivity index (χ0n) is 21.1. The van der Waals surface area contributed by atoms with Gasteiger partial charge in [-0.3, -0.25) is 4.55 Å². The Balaban J connectivity index is 1.36. The van der Waals surface area contributed by atoms with E-state index in [1.54, 1.807) is 0 Å². The van der Waals surface area contributed by atoms with Crippen LogP contribution in [-0.2, 0) is 16.5 Å². The molecule has 7 unspecified atom stereocenters. The topological polar surface area (TPSA) is 94.8 Å². The van der Waals surface area contributed by atoms with Crippen molar-refractivity contribution in [1.82, 2.24) is 0 Å². The fourth-order valence-electron chi connectivity index (χ4n) is 8.85. The summed E-state index contributed by atoms with van der Waals surface area (Å²) < 4.78 is 33.2. The van der Waals surface area contributed by atoms with E-state index in [1.807, 2.05) is 0 Å². The molecular formula is C28H40O5S. The highest BCUT2D eigenvalue weighted by Crippen LogP contribution is 2.69. The highest BCUT2D eigenvalue weighted by atomic mass is 32.2. The maximum atomic E-state index is 11.8. The van der Waals surface area contributed by atoms with Crippen LogP contribution in [0.25, 0.3) is 6.08 Å². The van der Waals surface area contributed by atoms with Crippen LogP contribution in [0.3, 0.4) is 0 Å². The minimum absolute atomic E-state index is 0.0251. The molecule has 1 aromatic carbocycles. The Hall–Kier alpha value is -1.21. The van der Waals surface area contributed by atoms with Gasteiger partial charge in [-0.1, -0.05) is 65.0 Å². The first-order chi connectivity index (χ1) is 15.6. The maximum absolute atomic E-state index is 11.8. The standard InChI is InChI=1S/C28H40O5S/c1-25(2)21-10-12-27(25,5)23(29)19(21)14-17-6-8-18(9-7-17)15-20-22-11-13-28(24(20)30,26(22,3)4)16-34(31,32)33/h6-9,14,20-24,29-30H,10-13,15-16H2,1-5H3,(H,31,32,33)/b19-14+. The molecule has 0 amide bonds. The van der Waals surface area contributed by atoms with Crippen LogP contribution in [0.5, 0.6) is 0 Å². The monoisotopic (exact) mass is 488 g/mol. The molecule has 0 aromatic heterocycles. The molecule has 0 radical (unpaired) electrons. The molecule has 4 fully saturated rings. The largest absolute Gasteiger partial charge is 0.392 e. The molecule has 4 bridgehead atoms. The van der Waals surface area contributed by atoms with Crippen molar-refractivity contribution in [3.05, 3.63) is 41.0 Å². The highest BCUT2D eigenvalue weighted by Gasteiger charge is 2.69. The average Bonchev–Trinajstić information content (AvgIpc) is 3.22. The van der Waals surface area contributed by atoms with Gasteiger partial charge in [-0.15, -0.1) is 0 Å². The van der Waals surface area contributed by atoms with Crippen LogP contribution < -0.4 is 0 Å². The summed E-state index contributed by atoms with van der Waals surface area (Å²) in [6, 6.07) is 8.38. The SMILES string of the molecule is CC1(C)C2CCC1(C)C(O)/C2=C/c1ccc(CC2C3CCC(CS(=O)(=O)O)(C2O)C3(C)C)cc1. The summed E-state index contributed by atoms with van der Waals surface area (Å²) in [5.74, 6) is 0.241. The highest BCUT2D eigenvalue weighted by molar-refractivity contribution is 7.85. The molecule has 0 spiro atoms. The second-order valence-corrected chi connectivity index (χ2v) is 14.5. The number of hydrogen-bond donors (Lipinski definition) is 3. The van der Waals surface area contributed by atoms with Crippen molar-refractivity contribution >= 4 is 16.2 Å². The molecule has 188 valence electrons. The molecule has 0 saturated heterocycles. The Morgan fingerprint density at radius 3 is 2.18 bits per heavy atom. The van der Waals surface area contributed by atoms with E-state index >= 15 is 0 Å². The van der Waals surface area contributed by atoms with Crippen molar-refractivity contribution in [3.63, 3.8) is 0 Å². The van der Waals surface area contributed by atoms with Gasteiger partial charge in [0.1, 0.15) is 0 Å². The lowest BCUT2D eigenvalue weighted by Crippen LogP contribution is -2.46. The average molecular weight is 489 g/mol. The van der Waals surface area contributed by atoms with E-state index in [1.165, 1.54) is 0 Å². The first kappa shape index (κ1) is 24.5. The number of fused-ring (bicyclic) bond motifs is 4. The molecule has 4 aliphatic rings. The lowest BCUT2D eigenvalue weighted by atomic mass is 9.69. The molecule has 7 atom stereocenters. The number of benzene rings is 1. The molecule has 6 heteroatoms. The summed E-state index contributed by atoms with van der Waals surface area (Å²) in [5, 5.41) is 22.4. The van der Waals surface area contributed by atoms with Gasteiger partial charge in [0.15, 0.2) is 0 Å². The van der Waals surface area contributed by atoms with Gasteiger partial charge < -0.3 is 10.2 Å². The maximum Gasteiger partial charge on any atom is 0.265 e. The van der Waals surface area contributed by atoms with Crippen LogP contribution in [0, 0.1) is 39.4 Å². The van der Waals surface area contributed by atoms with E-state index in [9.17, 15) is 23.2 Å². The molecule has 34 heavy (non-hydrogen) atoms. The van der Waals surface area contributed by atoms with Crippen molar-refractivity contribution in [2.24, 2.45) is 39.4 Å². The summed E-state index contributed by atoms with van der Waals surface area (Å²) in [6.07, 6.45) is 5.42. The zero-order valence-corrected chi connectivity index (χ0v) is 21.9. The van der Waals surface area contributed by atoms with Crippen molar-refractivity contribution < 1.29 is 23.2 Å². The molecule has 5 nitrogen and oxygen atoms in total. The fourth-order valence-corrected chi connectivity index (χ4v) is 10.2. The molecule has 0 aliphatic heterocycles. The Kier molecular flexibility index (Phi) is 5.33.